The molecule has 2 aromatic carbocycles. The van der Waals surface area contributed by atoms with E-state index < -0.39 is 0 Å². The number of para-hydroxylation sites is 1. The minimum atomic E-state index is 0.621. The average Bonchev–Trinajstić information content (AvgIpc) is 2.38. The third-order valence-corrected chi connectivity index (χ3v) is 2.83. The van der Waals surface area contributed by atoms with Gasteiger partial charge in [0.25, 0.3) is 5.75 Å². The quantitative estimate of drug-likeness (QED) is 0.742. The van der Waals surface area contributed by atoms with Crippen molar-refractivity contribution in [2.24, 2.45) is 0 Å². The zero-order valence-electron chi connectivity index (χ0n) is 9.94. The number of ether oxygens (including phenoxy) is 1. The SMILES string of the molecule is COc1cccc(CCc2ccccc2[OH2+])c1. The van der Waals surface area contributed by atoms with E-state index in [0.29, 0.717) is 5.75 Å². The monoisotopic (exact) mass is 229 g/mol. The van der Waals surface area contributed by atoms with E-state index in [1.807, 2.05) is 42.5 Å². The van der Waals surface area contributed by atoms with E-state index in [1.165, 1.54) is 5.56 Å². The van der Waals surface area contributed by atoms with E-state index in [2.05, 4.69) is 6.07 Å². The maximum absolute atomic E-state index is 7.79. The Balaban J connectivity index is 2.05. The number of hydrogen-bond donors (Lipinski definition) is 0. The Morgan fingerprint density at radius 1 is 1.00 bits per heavy atom. The number of benzene rings is 2. The summed E-state index contributed by atoms with van der Waals surface area (Å²) >= 11 is 0. The van der Waals surface area contributed by atoms with Crippen LogP contribution in [-0.2, 0) is 12.8 Å². The molecule has 0 fully saturated rings. The lowest BCUT2D eigenvalue weighted by Crippen LogP contribution is -1.92. The van der Waals surface area contributed by atoms with Crippen molar-refractivity contribution in [1.29, 1.82) is 0 Å². The van der Waals surface area contributed by atoms with Gasteiger partial charge in [0.05, 0.1) is 7.11 Å². The molecular formula is C15H17O2+. The summed E-state index contributed by atoms with van der Waals surface area (Å²) in [5.41, 5.74) is 2.34. The van der Waals surface area contributed by atoms with E-state index >= 15 is 0 Å². The minimum Gasteiger partial charge on any atom is -0.593 e. The smallest absolute Gasteiger partial charge is 0.257 e. The molecule has 0 aliphatic rings. The van der Waals surface area contributed by atoms with Crippen molar-refractivity contribution in [1.82, 2.24) is 0 Å². The van der Waals surface area contributed by atoms with Crippen molar-refractivity contribution < 1.29 is 9.84 Å². The predicted molar refractivity (Wildman–Crippen MR) is 69.9 cm³/mol. The van der Waals surface area contributed by atoms with E-state index in [0.717, 1.165) is 24.2 Å². The molecule has 88 valence electrons. The fraction of sp³-hybridized carbons (Fsp3) is 0.200. The topological polar surface area (TPSA) is 32.1 Å². The highest BCUT2D eigenvalue weighted by atomic mass is 16.5. The molecule has 17 heavy (non-hydrogen) atoms. The largest absolute Gasteiger partial charge is 0.593 e. The summed E-state index contributed by atoms with van der Waals surface area (Å²) < 4.78 is 5.19. The number of rotatable bonds is 4. The molecule has 0 aliphatic carbocycles. The fourth-order valence-electron chi connectivity index (χ4n) is 1.85. The zero-order chi connectivity index (χ0) is 12.1. The molecule has 0 atom stereocenters. The Kier molecular flexibility index (Phi) is 3.66. The molecule has 0 saturated carbocycles. The molecule has 0 unspecified atom stereocenters. The normalized spacial score (nSPS) is 10.2. The summed E-state index contributed by atoms with van der Waals surface area (Å²) in [5.74, 6) is 1.51. The first-order chi connectivity index (χ1) is 8.29. The van der Waals surface area contributed by atoms with E-state index in [-0.39, 0.29) is 0 Å². The van der Waals surface area contributed by atoms with Crippen molar-refractivity contribution in [2.45, 2.75) is 12.8 Å². The van der Waals surface area contributed by atoms with E-state index in [4.69, 9.17) is 9.84 Å². The second-order valence-electron chi connectivity index (χ2n) is 4.01. The van der Waals surface area contributed by atoms with Gasteiger partial charge in [0.2, 0.25) is 0 Å². The van der Waals surface area contributed by atoms with Crippen LogP contribution >= 0.6 is 0 Å². The minimum absolute atomic E-state index is 0.621. The number of methoxy groups -OCH3 is 1. The van der Waals surface area contributed by atoms with Crippen molar-refractivity contribution in [3.8, 4) is 11.5 Å². The van der Waals surface area contributed by atoms with Crippen molar-refractivity contribution in [3.05, 3.63) is 59.7 Å². The average molecular weight is 229 g/mol. The molecule has 2 heteroatoms. The Labute approximate surface area is 101 Å². The highest BCUT2D eigenvalue weighted by molar-refractivity contribution is 5.34. The predicted octanol–water partition coefficient (Wildman–Crippen LogP) is 2.92. The molecule has 2 nitrogen and oxygen atoms in total. The van der Waals surface area contributed by atoms with Crippen LogP contribution in [0.5, 0.6) is 11.5 Å². The highest BCUT2D eigenvalue weighted by Gasteiger charge is 2.04. The first kappa shape index (κ1) is 11.5. The third kappa shape index (κ3) is 3.00. The van der Waals surface area contributed by atoms with Crippen molar-refractivity contribution >= 4 is 0 Å². The lowest BCUT2D eigenvalue weighted by molar-refractivity contribution is 0.414. The van der Waals surface area contributed by atoms with Crippen molar-refractivity contribution in [2.75, 3.05) is 7.11 Å². The van der Waals surface area contributed by atoms with Gasteiger partial charge in [-0.1, -0.05) is 24.3 Å². The molecule has 0 amide bonds. The number of aryl methyl sites for hydroxylation is 2. The molecule has 0 aliphatic heterocycles. The third-order valence-electron chi connectivity index (χ3n) is 2.83. The maximum Gasteiger partial charge on any atom is 0.257 e. The molecule has 2 aromatic rings. The van der Waals surface area contributed by atoms with Crippen LogP contribution in [0.2, 0.25) is 0 Å². The van der Waals surface area contributed by atoms with Crippen LogP contribution in [-0.4, -0.2) is 12.2 Å². The maximum atomic E-state index is 7.79. The number of hydrogen-bond acceptors (Lipinski definition) is 1. The second kappa shape index (κ2) is 5.39. The van der Waals surface area contributed by atoms with Crippen LogP contribution in [0, 0.1) is 0 Å². The van der Waals surface area contributed by atoms with Gasteiger partial charge in [-0.05, 0) is 36.6 Å². The standard InChI is InChI=1S/C15H16O2/c1-17-14-7-4-5-12(11-14)9-10-13-6-2-3-8-15(13)16/h2-8,11,16H,9-10H2,1H3/p+1. The van der Waals surface area contributed by atoms with Crippen LogP contribution in [0.15, 0.2) is 48.5 Å². The van der Waals surface area contributed by atoms with Crippen LogP contribution in [0.25, 0.3) is 0 Å². The van der Waals surface area contributed by atoms with Crippen LogP contribution in [0.1, 0.15) is 11.1 Å². The van der Waals surface area contributed by atoms with Gasteiger partial charge in [0.1, 0.15) is 5.75 Å². The molecule has 0 spiro atoms. The summed E-state index contributed by atoms with van der Waals surface area (Å²) in [5, 5.41) is 7.79. The van der Waals surface area contributed by atoms with Gasteiger partial charge in [-0.2, -0.15) is 0 Å². The Hall–Kier alpha value is -1.96. The van der Waals surface area contributed by atoms with Gasteiger partial charge in [-0.25, -0.2) is 0 Å². The fourth-order valence-corrected chi connectivity index (χ4v) is 1.85. The van der Waals surface area contributed by atoms with E-state index in [1.54, 1.807) is 7.11 Å². The summed E-state index contributed by atoms with van der Waals surface area (Å²) in [7, 11) is 1.68. The van der Waals surface area contributed by atoms with Gasteiger partial charge in [-0.15, -0.1) is 0 Å². The lowest BCUT2D eigenvalue weighted by Gasteiger charge is -2.04. The van der Waals surface area contributed by atoms with E-state index in [9.17, 15) is 0 Å². The van der Waals surface area contributed by atoms with Crippen LogP contribution in [0.3, 0.4) is 0 Å². The molecule has 0 heterocycles. The van der Waals surface area contributed by atoms with Gasteiger partial charge in [0.15, 0.2) is 0 Å². The highest BCUT2D eigenvalue weighted by Crippen LogP contribution is 2.19. The Morgan fingerprint density at radius 3 is 2.59 bits per heavy atom. The van der Waals surface area contributed by atoms with Crippen molar-refractivity contribution in [3.63, 3.8) is 0 Å². The summed E-state index contributed by atoms with van der Waals surface area (Å²) in [6, 6.07) is 15.8. The molecule has 0 aromatic heterocycles. The first-order valence-corrected chi connectivity index (χ1v) is 5.72. The Bertz CT molecular complexity index is 492. The zero-order valence-corrected chi connectivity index (χ0v) is 9.94. The molecular weight excluding hydrogens is 212 g/mol. The summed E-state index contributed by atoms with van der Waals surface area (Å²) in [4.78, 5) is 0. The molecule has 0 saturated heterocycles. The van der Waals surface area contributed by atoms with Gasteiger partial charge < -0.3 is 9.84 Å². The van der Waals surface area contributed by atoms with Gasteiger partial charge in [0, 0.05) is 11.6 Å². The lowest BCUT2D eigenvalue weighted by atomic mass is 10.0. The molecule has 0 bridgehead atoms. The summed E-state index contributed by atoms with van der Waals surface area (Å²) in [6.45, 7) is 0. The molecule has 2 rings (SSSR count). The first-order valence-electron chi connectivity index (χ1n) is 5.72. The Morgan fingerprint density at radius 2 is 1.82 bits per heavy atom. The van der Waals surface area contributed by atoms with Crippen LogP contribution < -0.4 is 4.74 Å². The van der Waals surface area contributed by atoms with Crippen LogP contribution in [0.4, 0.5) is 0 Å². The van der Waals surface area contributed by atoms with Gasteiger partial charge >= 0.3 is 0 Å². The molecule has 0 radical (unpaired) electrons. The van der Waals surface area contributed by atoms with Gasteiger partial charge in [-0.3, -0.25) is 0 Å². The second-order valence-corrected chi connectivity index (χ2v) is 4.01. The summed E-state index contributed by atoms with van der Waals surface area (Å²) in [6.07, 6.45) is 1.83. The molecule has 2 N–H and O–H groups in total.